The first-order valence-corrected chi connectivity index (χ1v) is 7.58. The van der Waals surface area contributed by atoms with Crippen molar-refractivity contribution in [3.8, 4) is 0 Å². The Kier molecular flexibility index (Phi) is 3.92. The Bertz CT molecular complexity index is 439. The van der Waals surface area contributed by atoms with E-state index in [1.165, 1.54) is 9.82 Å². The molecule has 1 aliphatic heterocycles. The summed E-state index contributed by atoms with van der Waals surface area (Å²) in [5.74, 6) is 0.211. The molecule has 1 fully saturated rings. The van der Waals surface area contributed by atoms with E-state index in [0.29, 0.717) is 25.9 Å². The van der Waals surface area contributed by atoms with Crippen LogP contribution in [0.15, 0.2) is 5.51 Å². The largest absolute Gasteiger partial charge is 0.396 e. The van der Waals surface area contributed by atoms with Crippen LogP contribution < -0.4 is 4.72 Å². The summed E-state index contributed by atoms with van der Waals surface area (Å²) in [7, 11) is -3.53. The molecule has 0 spiro atoms. The number of nitrogens with one attached hydrogen (secondary N) is 1. The molecule has 0 aromatic carbocycles. The topological polar surface area (TPSA) is 95.4 Å². The molecule has 7 nitrogen and oxygen atoms in total. The summed E-state index contributed by atoms with van der Waals surface area (Å²) in [6.07, 6.45) is 1.38. The number of rotatable bonds is 4. The maximum absolute atomic E-state index is 11.9. The van der Waals surface area contributed by atoms with E-state index < -0.39 is 10.2 Å². The number of hydrogen-bond acceptors (Lipinski definition) is 6. The molecule has 2 rings (SSSR count). The standard InChI is InChI=1S/C8H14N4O3S2/c13-5-7-1-3-12(4-2-7)17(14,15)11-8-10-9-6-16-8/h6-7,13H,1-5H2,(H,10,11). The van der Waals surface area contributed by atoms with E-state index in [1.807, 2.05) is 0 Å². The van der Waals surface area contributed by atoms with Gasteiger partial charge in [0.05, 0.1) is 0 Å². The van der Waals surface area contributed by atoms with Crippen molar-refractivity contribution < 1.29 is 13.5 Å². The Morgan fingerprint density at radius 1 is 1.53 bits per heavy atom. The van der Waals surface area contributed by atoms with E-state index >= 15 is 0 Å². The minimum absolute atomic E-state index is 0.123. The quantitative estimate of drug-likeness (QED) is 0.802. The van der Waals surface area contributed by atoms with Gasteiger partial charge in [-0.3, -0.25) is 0 Å². The molecule has 2 N–H and O–H groups in total. The van der Waals surface area contributed by atoms with Gasteiger partial charge in [-0.15, -0.1) is 10.2 Å². The van der Waals surface area contributed by atoms with Crippen LogP contribution in [0.1, 0.15) is 12.8 Å². The minimum Gasteiger partial charge on any atom is -0.396 e. The third kappa shape index (κ3) is 3.12. The summed E-state index contributed by atoms with van der Waals surface area (Å²) in [5, 5.41) is 16.5. The molecule has 96 valence electrons. The van der Waals surface area contributed by atoms with Gasteiger partial charge in [0.1, 0.15) is 5.51 Å². The SMILES string of the molecule is O=S(=O)(Nc1nncs1)N1CCC(CO)CC1. The average molecular weight is 278 g/mol. The maximum Gasteiger partial charge on any atom is 0.303 e. The molecule has 1 saturated heterocycles. The number of piperidine rings is 1. The molecular formula is C8H14N4O3S2. The second-order valence-electron chi connectivity index (χ2n) is 3.88. The van der Waals surface area contributed by atoms with Gasteiger partial charge in [-0.1, -0.05) is 11.3 Å². The average Bonchev–Trinajstić information content (AvgIpc) is 2.81. The fourth-order valence-electron chi connectivity index (χ4n) is 1.72. The predicted molar refractivity (Wildman–Crippen MR) is 63.8 cm³/mol. The molecule has 1 aromatic rings. The van der Waals surface area contributed by atoms with Gasteiger partial charge < -0.3 is 5.11 Å². The Morgan fingerprint density at radius 3 is 2.76 bits per heavy atom. The first-order valence-electron chi connectivity index (χ1n) is 5.27. The highest BCUT2D eigenvalue weighted by Gasteiger charge is 2.28. The van der Waals surface area contributed by atoms with Crippen molar-refractivity contribution in [3.05, 3.63) is 5.51 Å². The highest BCUT2D eigenvalue weighted by molar-refractivity contribution is 7.90. The van der Waals surface area contributed by atoms with Gasteiger partial charge in [0.15, 0.2) is 0 Å². The van der Waals surface area contributed by atoms with Crippen LogP contribution in [0.2, 0.25) is 0 Å². The Morgan fingerprint density at radius 2 is 2.24 bits per heavy atom. The molecule has 0 amide bonds. The van der Waals surface area contributed by atoms with Crippen LogP contribution in [-0.4, -0.2) is 47.7 Å². The number of anilines is 1. The molecule has 0 unspecified atom stereocenters. The van der Waals surface area contributed by atoms with Gasteiger partial charge in [0.2, 0.25) is 5.13 Å². The molecule has 0 radical (unpaired) electrons. The van der Waals surface area contributed by atoms with Crippen LogP contribution in [0, 0.1) is 5.92 Å². The summed E-state index contributed by atoms with van der Waals surface area (Å²) < 4.78 is 27.6. The van der Waals surface area contributed by atoms with Crippen molar-refractivity contribution in [2.75, 3.05) is 24.4 Å². The summed E-state index contributed by atoms with van der Waals surface area (Å²) >= 11 is 1.14. The second-order valence-corrected chi connectivity index (χ2v) is 6.38. The van der Waals surface area contributed by atoms with Crippen molar-refractivity contribution >= 4 is 26.7 Å². The van der Waals surface area contributed by atoms with Crippen LogP contribution in [0.5, 0.6) is 0 Å². The number of aromatic nitrogens is 2. The van der Waals surface area contributed by atoms with E-state index in [4.69, 9.17) is 5.11 Å². The maximum atomic E-state index is 11.9. The van der Waals surface area contributed by atoms with E-state index in [2.05, 4.69) is 14.9 Å². The highest BCUT2D eigenvalue weighted by atomic mass is 32.2. The molecular weight excluding hydrogens is 264 g/mol. The van der Waals surface area contributed by atoms with Crippen LogP contribution >= 0.6 is 11.3 Å². The fourth-order valence-corrected chi connectivity index (χ4v) is 3.60. The highest BCUT2D eigenvalue weighted by Crippen LogP contribution is 2.20. The first kappa shape index (κ1) is 12.7. The van der Waals surface area contributed by atoms with Gasteiger partial charge in [-0.2, -0.15) is 12.7 Å². The van der Waals surface area contributed by atoms with Crippen molar-refractivity contribution in [2.24, 2.45) is 5.92 Å². The van der Waals surface area contributed by atoms with Crippen LogP contribution in [-0.2, 0) is 10.2 Å². The number of nitrogens with zero attached hydrogens (tertiary/aromatic N) is 3. The zero-order valence-electron chi connectivity index (χ0n) is 9.11. The number of aliphatic hydroxyl groups is 1. The lowest BCUT2D eigenvalue weighted by molar-refractivity contribution is 0.170. The Hall–Kier alpha value is -0.770. The minimum atomic E-state index is -3.53. The van der Waals surface area contributed by atoms with E-state index in [9.17, 15) is 8.42 Å². The number of hydrogen-bond donors (Lipinski definition) is 2. The molecule has 9 heteroatoms. The molecule has 1 aromatic heterocycles. The normalized spacial score (nSPS) is 19.4. The van der Waals surface area contributed by atoms with Crippen molar-refractivity contribution in [1.29, 1.82) is 0 Å². The first-order chi connectivity index (χ1) is 8.12. The molecule has 0 saturated carbocycles. The van der Waals surface area contributed by atoms with Gasteiger partial charge in [0, 0.05) is 19.7 Å². The van der Waals surface area contributed by atoms with E-state index in [1.54, 1.807) is 0 Å². The van der Waals surface area contributed by atoms with Crippen molar-refractivity contribution in [3.63, 3.8) is 0 Å². The Balaban J connectivity index is 1.97. The third-order valence-electron chi connectivity index (χ3n) is 2.75. The molecule has 1 aliphatic rings. The van der Waals surface area contributed by atoms with E-state index in [-0.39, 0.29) is 17.7 Å². The summed E-state index contributed by atoms with van der Waals surface area (Å²) in [6, 6.07) is 0. The lowest BCUT2D eigenvalue weighted by Crippen LogP contribution is -2.42. The monoisotopic (exact) mass is 278 g/mol. The second kappa shape index (κ2) is 5.25. The van der Waals surface area contributed by atoms with Gasteiger partial charge >= 0.3 is 10.2 Å². The molecule has 0 atom stereocenters. The van der Waals surface area contributed by atoms with Crippen LogP contribution in [0.3, 0.4) is 0 Å². The Labute approximate surface area is 104 Å². The zero-order valence-corrected chi connectivity index (χ0v) is 10.7. The van der Waals surface area contributed by atoms with Crippen molar-refractivity contribution in [2.45, 2.75) is 12.8 Å². The summed E-state index contributed by atoms with van der Waals surface area (Å²) in [5.41, 5.74) is 1.47. The van der Waals surface area contributed by atoms with Crippen LogP contribution in [0.4, 0.5) is 5.13 Å². The summed E-state index contributed by atoms with van der Waals surface area (Å²) in [6.45, 7) is 0.983. The van der Waals surface area contributed by atoms with Gasteiger partial charge in [-0.05, 0) is 18.8 Å². The molecule has 17 heavy (non-hydrogen) atoms. The molecule has 0 aliphatic carbocycles. The lowest BCUT2D eigenvalue weighted by atomic mass is 10.00. The zero-order chi connectivity index (χ0) is 12.3. The van der Waals surface area contributed by atoms with E-state index in [0.717, 1.165) is 11.3 Å². The van der Waals surface area contributed by atoms with Crippen molar-refractivity contribution in [1.82, 2.24) is 14.5 Å². The smallest absolute Gasteiger partial charge is 0.303 e. The number of aliphatic hydroxyl groups excluding tert-OH is 1. The molecule has 0 bridgehead atoms. The van der Waals surface area contributed by atoms with Gasteiger partial charge in [0.25, 0.3) is 0 Å². The lowest BCUT2D eigenvalue weighted by Gasteiger charge is -2.29. The van der Waals surface area contributed by atoms with Crippen LogP contribution in [0.25, 0.3) is 0 Å². The van der Waals surface area contributed by atoms with Gasteiger partial charge in [-0.25, -0.2) is 4.72 Å². The predicted octanol–water partition coefficient (Wildman–Crippen LogP) is -0.101. The fraction of sp³-hybridized carbons (Fsp3) is 0.750. The molecule has 2 heterocycles. The summed E-state index contributed by atoms with van der Waals surface area (Å²) in [4.78, 5) is 0. The third-order valence-corrected chi connectivity index (χ3v) is 4.98.